The SMILES string of the molecule is COc1ccc(Oc2ccc(Cl)cc2NCc2cc(=O)n3ccsc3n2)cc1. The molecule has 0 amide bonds. The fourth-order valence-electron chi connectivity index (χ4n) is 2.66. The van der Waals surface area contributed by atoms with Crippen molar-refractivity contribution in [3.63, 3.8) is 0 Å². The normalized spacial score (nSPS) is 10.8. The second-order valence-corrected chi connectivity index (χ2v) is 7.22. The number of benzene rings is 2. The quantitative estimate of drug-likeness (QED) is 0.490. The van der Waals surface area contributed by atoms with Crippen LogP contribution in [-0.4, -0.2) is 16.5 Å². The Morgan fingerprint density at radius 1 is 1.14 bits per heavy atom. The number of ether oxygens (including phenoxy) is 2. The minimum atomic E-state index is -0.108. The van der Waals surface area contributed by atoms with Crippen molar-refractivity contribution in [1.29, 1.82) is 0 Å². The molecule has 4 aromatic rings. The molecule has 0 aliphatic rings. The molecule has 0 aliphatic heterocycles. The minimum Gasteiger partial charge on any atom is -0.497 e. The van der Waals surface area contributed by atoms with E-state index in [4.69, 9.17) is 21.1 Å². The van der Waals surface area contributed by atoms with Crippen LogP contribution >= 0.6 is 22.9 Å². The Kier molecular flexibility index (Phi) is 5.18. The van der Waals surface area contributed by atoms with Crippen LogP contribution in [0.1, 0.15) is 5.69 Å². The molecule has 1 N–H and O–H groups in total. The zero-order valence-electron chi connectivity index (χ0n) is 14.9. The van der Waals surface area contributed by atoms with Crippen molar-refractivity contribution in [2.24, 2.45) is 0 Å². The van der Waals surface area contributed by atoms with Crippen LogP contribution in [0.15, 0.2) is 64.9 Å². The van der Waals surface area contributed by atoms with Gasteiger partial charge in [0, 0.05) is 22.7 Å². The summed E-state index contributed by atoms with van der Waals surface area (Å²) in [6, 6.07) is 14.1. The van der Waals surface area contributed by atoms with E-state index >= 15 is 0 Å². The van der Waals surface area contributed by atoms with Gasteiger partial charge in [-0.15, -0.1) is 11.3 Å². The van der Waals surface area contributed by atoms with Crippen LogP contribution in [0.25, 0.3) is 4.96 Å². The molecule has 0 aliphatic carbocycles. The summed E-state index contributed by atoms with van der Waals surface area (Å²) in [6.07, 6.45) is 1.71. The summed E-state index contributed by atoms with van der Waals surface area (Å²) in [5.74, 6) is 2.04. The number of aromatic nitrogens is 2. The molecular weight excluding hydrogens is 398 g/mol. The van der Waals surface area contributed by atoms with E-state index in [1.54, 1.807) is 31.5 Å². The van der Waals surface area contributed by atoms with Crippen LogP contribution in [0.3, 0.4) is 0 Å². The van der Waals surface area contributed by atoms with Crippen LogP contribution in [0, 0.1) is 0 Å². The van der Waals surface area contributed by atoms with E-state index in [0.29, 0.717) is 39.4 Å². The van der Waals surface area contributed by atoms with Crippen molar-refractivity contribution < 1.29 is 9.47 Å². The molecule has 0 fully saturated rings. The van der Waals surface area contributed by atoms with Gasteiger partial charge in [-0.25, -0.2) is 4.98 Å². The van der Waals surface area contributed by atoms with Crippen LogP contribution in [0.4, 0.5) is 5.69 Å². The molecule has 0 radical (unpaired) electrons. The monoisotopic (exact) mass is 413 g/mol. The number of halogens is 1. The number of hydrogen-bond donors (Lipinski definition) is 1. The molecule has 0 bridgehead atoms. The fourth-order valence-corrected chi connectivity index (χ4v) is 3.58. The van der Waals surface area contributed by atoms with Crippen molar-refractivity contribution >= 4 is 33.6 Å². The van der Waals surface area contributed by atoms with Crippen LogP contribution in [0.2, 0.25) is 5.02 Å². The van der Waals surface area contributed by atoms with E-state index in [-0.39, 0.29) is 5.56 Å². The molecule has 28 heavy (non-hydrogen) atoms. The zero-order valence-corrected chi connectivity index (χ0v) is 16.5. The first-order valence-corrected chi connectivity index (χ1v) is 9.69. The van der Waals surface area contributed by atoms with E-state index in [9.17, 15) is 4.79 Å². The second kappa shape index (κ2) is 7.92. The predicted octanol–water partition coefficient (Wildman–Crippen LogP) is 4.82. The van der Waals surface area contributed by atoms with Gasteiger partial charge >= 0.3 is 0 Å². The van der Waals surface area contributed by atoms with Gasteiger partial charge < -0.3 is 14.8 Å². The highest BCUT2D eigenvalue weighted by Gasteiger charge is 2.09. The fraction of sp³-hybridized carbons (Fsp3) is 0.100. The predicted molar refractivity (Wildman–Crippen MR) is 111 cm³/mol. The molecule has 0 atom stereocenters. The Hall–Kier alpha value is -3.03. The Morgan fingerprint density at radius 3 is 2.71 bits per heavy atom. The van der Waals surface area contributed by atoms with Crippen LogP contribution in [0.5, 0.6) is 17.2 Å². The Bertz CT molecular complexity index is 1170. The van der Waals surface area contributed by atoms with Crippen molar-refractivity contribution in [2.75, 3.05) is 12.4 Å². The summed E-state index contributed by atoms with van der Waals surface area (Å²) < 4.78 is 12.7. The average Bonchev–Trinajstić information content (AvgIpc) is 3.18. The lowest BCUT2D eigenvalue weighted by atomic mass is 10.2. The average molecular weight is 414 g/mol. The number of methoxy groups -OCH3 is 1. The third kappa shape index (κ3) is 3.95. The number of anilines is 1. The molecule has 0 saturated heterocycles. The molecule has 6 nitrogen and oxygen atoms in total. The Morgan fingerprint density at radius 2 is 1.93 bits per heavy atom. The van der Waals surface area contributed by atoms with E-state index in [2.05, 4.69) is 10.3 Å². The first kappa shape index (κ1) is 18.3. The molecule has 0 saturated carbocycles. The highest BCUT2D eigenvalue weighted by molar-refractivity contribution is 7.15. The summed E-state index contributed by atoms with van der Waals surface area (Å²) in [5.41, 5.74) is 1.24. The van der Waals surface area contributed by atoms with Gasteiger partial charge in [0.25, 0.3) is 5.56 Å². The minimum absolute atomic E-state index is 0.108. The molecule has 2 aromatic carbocycles. The number of hydrogen-bond acceptors (Lipinski definition) is 6. The van der Waals surface area contributed by atoms with Gasteiger partial charge in [0.1, 0.15) is 11.5 Å². The topological polar surface area (TPSA) is 64.9 Å². The van der Waals surface area contributed by atoms with Gasteiger partial charge in [0.15, 0.2) is 10.7 Å². The van der Waals surface area contributed by atoms with Gasteiger partial charge in [0.2, 0.25) is 0 Å². The summed E-state index contributed by atoms with van der Waals surface area (Å²) in [6.45, 7) is 0.364. The summed E-state index contributed by atoms with van der Waals surface area (Å²) in [7, 11) is 1.62. The summed E-state index contributed by atoms with van der Waals surface area (Å²) in [5, 5.41) is 5.66. The van der Waals surface area contributed by atoms with Crippen LogP contribution in [-0.2, 0) is 6.54 Å². The number of thiazole rings is 1. The molecular formula is C20H16ClN3O3S. The van der Waals surface area contributed by atoms with Crippen molar-refractivity contribution in [3.05, 3.63) is 81.2 Å². The van der Waals surface area contributed by atoms with Gasteiger partial charge in [-0.1, -0.05) is 11.6 Å². The molecule has 142 valence electrons. The third-order valence-corrected chi connectivity index (χ3v) is 5.04. The number of rotatable bonds is 6. The maximum absolute atomic E-state index is 12.1. The van der Waals surface area contributed by atoms with Crippen molar-refractivity contribution in [1.82, 2.24) is 9.38 Å². The number of nitrogens with zero attached hydrogens (tertiary/aromatic N) is 2. The molecule has 0 unspecified atom stereocenters. The van der Waals surface area contributed by atoms with Crippen molar-refractivity contribution in [3.8, 4) is 17.2 Å². The molecule has 0 spiro atoms. The first-order chi connectivity index (χ1) is 13.6. The van der Waals surface area contributed by atoms with Gasteiger partial charge in [-0.2, -0.15) is 0 Å². The number of fused-ring (bicyclic) bond motifs is 1. The van der Waals surface area contributed by atoms with E-state index in [0.717, 1.165) is 5.75 Å². The maximum Gasteiger partial charge on any atom is 0.258 e. The highest BCUT2D eigenvalue weighted by Crippen LogP contribution is 2.33. The highest BCUT2D eigenvalue weighted by atomic mass is 35.5. The zero-order chi connectivity index (χ0) is 19.5. The molecule has 2 heterocycles. The molecule has 2 aromatic heterocycles. The van der Waals surface area contributed by atoms with E-state index in [1.165, 1.54) is 21.8 Å². The first-order valence-electron chi connectivity index (χ1n) is 8.43. The Labute approximate surface area is 170 Å². The van der Waals surface area contributed by atoms with Crippen LogP contribution < -0.4 is 20.3 Å². The van der Waals surface area contributed by atoms with E-state index in [1.807, 2.05) is 29.6 Å². The Balaban J connectivity index is 1.56. The van der Waals surface area contributed by atoms with Crippen molar-refractivity contribution in [2.45, 2.75) is 6.54 Å². The third-order valence-electron chi connectivity index (χ3n) is 4.05. The largest absolute Gasteiger partial charge is 0.497 e. The van der Waals surface area contributed by atoms with Gasteiger partial charge in [0.05, 0.1) is 25.0 Å². The summed E-state index contributed by atoms with van der Waals surface area (Å²) in [4.78, 5) is 17.3. The van der Waals surface area contributed by atoms with E-state index < -0.39 is 0 Å². The second-order valence-electron chi connectivity index (χ2n) is 5.91. The lowest BCUT2D eigenvalue weighted by Gasteiger charge is -2.14. The summed E-state index contributed by atoms with van der Waals surface area (Å²) >= 11 is 7.57. The van der Waals surface area contributed by atoms with Gasteiger partial charge in [-0.3, -0.25) is 9.20 Å². The smallest absolute Gasteiger partial charge is 0.258 e. The molecule has 8 heteroatoms. The standard InChI is InChI=1S/C20H16ClN3O3S/c1-26-15-3-5-16(6-4-15)27-18-7-2-13(21)10-17(18)22-12-14-11-19(25)24-8-9-28-20(24)23-14/h2-11,22H,12H2,1H3. The van der Waals surface area contributed by atoms with Gasteiger partial charge in [-0.05, 0) is 42.5 Å². The lowest BCUT2D eigenvalue weighted by Crippen LogP contribution is -2.14. The lowest BCUT2D eigenvalue weighted by molar-refractivity contribution is 0.413. The maximum atomic E-state index is 12.1. The number of nitrogens with one attached hydrogen (secondary N) is 1. The molecule has 4 rings (SSSR count).